The molecule has 1 aromatic heterocycles. The van der Waals surface area contributed by atoms with E-state index < -0.39 is 10.0 Å². The van der Waals surface area contributed by atoms with Crippen LogP contribution >= 0.6 is 0 Å². The van der Waals surface area contributed by atoms with Crippen molar-refractivity contribution in [1.82, 2.24) is 9.29 Å². The molecule has 0 amide bonds. The van der Waals surface area contributed by atoms with E-state index >= 15 is 0 Å². The molecule has 23 heavy (non-hydrogen) atoms. The van der Waals surface area contributed by atoms with Crippen molar-refractivity contribution in [3.63, 3.8) is 0 Å². The topological polar surface area (TPSA) is 62.7 Å². The highest BCUT2D eigenvalue weighted by molar-refractivity contribution is 7.90. The van der Waals surface area contributed by atoms with E-state index in [0.717, 1.165) is 44.6 Å². The number of pyridine rings is 1. The van der Waals surface area contributed by atoms with Gasteiger partial charge >= 0.3 is 0 Å². The molecular formula is C16H23N3O3S. The van der Waals surface area contributed by atoms with Crippen LogP contribution in [0.3, 0.4) is 0 Å². The van der Waals surface area contributed by atoms with E-state index in [1.807, 2.05) is 24.4 Å². The number of hydrogen-bond donors (Lipinski definition) is 0. The summed E-state index contributed by atoms with van der Waals surface area (Å²) in [6.07, 6.45) is 4.99. The number of ether oxygens (including phenoxy) is 1. The molecule has 2 aliphatic heterocycles. The van der Waals surface area contributed by atoms with E-state index in [1.165, 1.54) is 0 Å². The van der Waals surface area contributed by atoms with E-state index in [2.05, 4.69) is 9.88 Å². The minimum Gasteiger partial charge on any atom is -0.371 e. The fraction of sp³-hybridized carbons (Fsp3) is 0.688. The first-order valence-electron chi connectivity index (χ1n) is 8.38. The second-order valence-electron chi connectivity index (χ2n) is 6.78. The Morgan fingerprint density at radius 3 is 2.61 bits per heavy atom. The van der Waals surface area contributed by atoms with Crippen LogP contribution in [0.25, 0.3) is 0 Å². The van der Waals surface area contributed by atoms with Crippen molar-refractivity contribution in [2.24, 2.45) is 0 Å². The lowest BCUT2D eigenvalue weighted by molar-refractivity contribution is -0.0827. The van der Waals surface area contributed by atoms with Crippen LogP contribution in [0, 0.1) is 0 Å². The lowest BCUT2D eigenvalue weighted by Gasteiger charge is -2.47. The fourth-order valence-electron chi connectivity index (χ4n) is 3.61. The Hall–Kier alpha value is -1.18. The first-order valence-corrected chi connectivity index (χ1v) is 9.88. The third-order valence-electron chi connectivity index (χ3n) is 5.16. The van der Waals surface area contributed by atoms with Gasteiger partial charge in [-0.1, -0.05) is 6.07 Å². The summed E-state index contributed by atoms with van der Waals surface area (Å²) in [5.41, 5.74) is -0.231. The van der Waals surface area contributed by atoms with E-state index in [-0.39, 0.29) is 10.9 Å². The molecule has 0 radical (unpaired) electrons. The van der Waals surface area contributed by atoms with E-state index in [9.17, 15) is 8.42 Å². The van der Waals surface area contributed by atoms with Crippen LogP contribution in [0.5, 0.6) is 0 Å². The van der Waals surface area contributed by atoms with Crippen LogP contribution in [0.2, 0.25) is 0 Å². The third-order valence-corrected chi connectivity index (χ3v) is 7.56. The molecule has 4 rings (SSSR count). The van der Waals surface area contributed by atoms with Crippen molar-refractivity contribution in [2.75, 3.05) is 37.7 Å². The zero-order chi connectivity index (χ0) is 15.9. The van der Waals surface area contributed by atoms with Gasteiger partial charge < -0.3 is 9.64 Å². The van der Waals surface area contributed by atoms with Gasteiger partial charge in [-0.15, -0.1) is 0 Å². The Morgan fingerprint density at radius 2 is 1.96 bits per heavy atom. The van der Waals surface area contributed by atoms with Crippen molar-refractivity contribution in [3.05, 3.63) is 24.4 Å². The molecule has 0 aromatic carbocycles. The van der Waals surface area contributed by atoms with Gasteiger partial charge in [0.15, 0.2) is 0 Å². The maximum atomic E-state index is 12.4. The minimum absolute atomic E-state index is 0.117. The fourth-order valence-corrected chi connectivity index (χ4v) is 5.45. The predicted octanol–water partition coefficient (Wildman–Crippen LogP) is 1.24. The van der Waals surface area contributed by atoms with Gasteiger partial charge in [0.25, 0.3) is 0 Å². The van der Waals surface area contributed by atoms with Crippen molar-refractivity contribution >= 4 is 15.8 Å². The van der Waals surface area contributed by atoms with Gasteiger partial charge in [0.05, 0.1) is 17.5 Å². The summed E-state index contributed by atoms with van der Waals surface area (Å²) in [5, 5.41) is -0.117. The molecule has 126 valence electrons. The van der Waals surface area contributed by atoms with Crippen molar-refractivity contribution in [1.29, 1.82) is 0 Å². The van der Waals surface area contributed by atoms with Gasteiger partial charge in [-0.2, -0.15) is 0 Å². The summed E-state index contributed by atoms with van der Waals surface area (Å²) in [7, 11) is -3.06. The van der Waals surface area contributed by atoms with Crippen molar-refractivity contribution in [3.8, 4) is 0 Å². The van der Waals surface area contributed by atoms with Crippen LogP contribution in [0.4, 0.5) is 5.82 Å². The molecule has 1 spiro atoms. The largest absolute Gasteiger partial charge is 0.371 e. The lowest BCUT2D eigenvalue weighted by Crippen LogP contribution is -2.58. The maximum Gasteiger partial charge on any atom is 0.216 e. The van der Waals surface area contributed by atoms with Gasteiger partial charge in [0.1, 0.15) is 5.82 Å². The zero-order valence-corrected chi connectivity index (χ0v) is 14.0. The molecule has 3 heterocycles. The molecule has 0 atom stereocenters. The molecule has 1 aromatic rings. The number of piperidine rings is 1. The minimum atomic E-state index is -3.06. The molecule has 0 unspecified atom stereocenters. The SMILES string of the molecule is O=S(=O)(C1CC1)N1CCC2(CC1)CN(c1ccccn1)CCO2. The quantitative estimate of drug-likeness (QED) is 0.830. The summed E-state index contributed by atoms with van der Waals surface area (Å²) in [6, 6.07) is 5.93. The maximum absolute atomic E-state index is 12.4. The molecular weight excluding hydrogens is 314 g/mol. The van der Waals surface area contributed by atoms with Gasteiger partial charge in [0.2, 0.25) is 10.0 Å². The summed E-state index contributed by atoms with van der Waals surface area (Å²) < 4.78 is 32.5. The van der Waals surface area contributed by atoms with E-state index in [4.69, 9.17) is 4.74 Å². The molecule has 3 aliphatic rings. The monoisotopic (exact) mass is 337 g/mol. The Kier molecular flexibility index (Phi) is 3.82. The van der Waals surface area contributed by atoms with Crippen LogP contribution in [-0.4, -0.2) is 61.3 Å². The summed E-state index contributed by atoms with van der Waals surface area (Å²) in [5.74, 6) is 0.975. The first kappa shape index (κ1) is 15.4. The van der Waals surface area contributed by atoms with Crippen LogP contribution in [0.1, 0.15) is 25.7 Å². The van der Waals surface area contributed by atoms with Gasteiger partial charge in [-0.25, -0.2) is 17.7 Å². The smallest absolute Gasteiger partial charge is 0.216 e. The molecule has 2 saturated heterocycles. The highest BCUT2D eigenvalue weighted by Crippen LogP contribution is 2.36. The highest BCUT2D eigenvalue weighted by atomic mass is 32.2. The standard InChI is InChI=1S/C16H23N3O3S/c20-23(21,14-4-5-14)19-9-6-16(7-10-19)13-18(11-12-22-16)15-3-1-2-8-17-15/h1-3,8,14H,4-7,9-13H2. The molecule has 7 heteroatoms. The average Bonchev–Trinajstić information content (AvgIpc) is 3.42. The number of nitrogens with zero attached hydrogens (tertiary/aromatic N) is 3. The Morgan fingerprint density at radius 1 is 1.17 bits per heavy atom. The summed E-state index contributed by atoms with van der Waals surface area (Å²) >= 11 is 0. The second kappa shape index (κ2) is 5.72. The van der Waals surface area contributed by atoms with Crippen LogP contribution in [0.15, 0.2) is 24.4 Å². The third kappa shape index (κ3) is 2.97. The van der Waals surface area contributed by atoms with Gasteiger partial charge in [0, 0.05) is 32.4 Å². The summed E-state index contributed by atoms with van der Waals surface area (Å²) in [4.78, 5) is 6.69. The molecule has 0 bridgehead atoms. The second-order valence-corrected chi connectivity index (χ2v) is 9.00. The van der Waals surface area contributed by atoms with Crippen LogP contribution in [-0.2, 0) is 14.8 Å². The van der Waals surface area contributed by atoms with Crippen molar-refractivity contribution < 1.29 is 13.2 Å². The van der Waals surface area contributed by atoms with Gasteiger partial charge in [-0.3, -0.25) is 0 Å². The Balaban J connectivity index is 1.44. The molecule has 1 saturated carbocycles. The van der Waals surface area contributed by atoms with Crippen molar-refractivity contribution in [2.45, 2.75) is 36.5 Å². The Labute approximate surface area is 137 Å². The number of hydrogen-bond acceptors (Lipinski definition) is 5. The number of aromatic nitrogens is 1. The normalized spacial score (nSPS) is 25.7. The molecule has 0 N–H and O–H groups in total. The number of sulfonamides is 1. The van der Waals surface area contributed by atoms with E-state index in [0.29, 0.717) is 19.7 Å². The summed E-state index contributed by atoms with van der Waals surface area (Å²) in [6.45, 7) is 3.46. The predicted molar refractivity (Wildman–Crippen MR) is 87.9 cm³/mol. The molecule has 1 aliphatic carbocycles. The average molecular weight is 337 g/mol. The first-order chi connectivity index (χ1) is 11.1. The number of anilines is 1. The lowest BCUT2D eigenvalue weighted by atomic mass is 9.90. The van der Waals surface area contributed by atoms with Gasteiger partial charge in [-0.05, 0) is 37.8 Å². The number of rotatable bonds is 3. The molecule has 6 nitrogen and oxygen atoms in total. The zero-order valence-electron chi connectivity index (χ0n) is 13.2. The number of morpholine rings is 1. The van der Waals surface area contributed by atoms with E-state index in [1.54, 1.807) is 4.31 Å². The molecule has 3 fully saturated rings. The Bertz CT molecular complexity index is 652. The highest BCUT2D eigenvalue weighted by Gasteiger charge is 2.46. The van der Waals surface area contributed by atoms with Crippen LogP contribution < -0.4 is 4.90 Å².